The van der Waals surface area contributed by atoms with Crippen LogP contribution in [0.3, 0.4) is 0 Å². The van der Waals surface area contributed by atoms with E-state index in [1.165, 1.54) is 43.8 Å². The first kappa shape index (κ1) is 36.1. The van der Waals surface area contributed by atoms with Gasteiger partial charge in [-0.1, -0.05) is 50.1 Å². The van der Waals surface area contributed by atoms with E-state index < -0.39 is 45.9 Å². The highest BCUT2D eigenvalue weighted by Crippen LogP contribution is 2.52. The summed E-state index contributed by atoms with van der Waals surface area (Å²) in [6.07, 6.45) is 8.23. The Bertz CT molecular complexity index is 1650. The normalized spacial score (nSPS) is 15.1. The van der Waals surface area contributed by atoms with E-state index in [1.54, 1.807) is 71.4 Å². The number of imidazole rings is 1. The van der Waals surface area contributed by atoms with Gasteiger partial charge in [-0.05, 0) is 95.9 Å². The summed E-state index contributed by atoms with van der Waals surface area (Å²) in [5.74, 6) is -0.526. The zero-order valence-corrected chi connectivity index (χ0v) is 29.7. The molecule has 1 amide bonds. The summed E-state index contributed by atoms with van der Waals surface area (Å²) < 4.78 is 42.5. The highest BCUT2D eigenvalue weighted by Gasteiger charge is 2.43. The third-order valence-corrected chi connectivity index (χ3v) is 9.19. The molecule has 1 N–H and O–H groups in total. The quantitative estimate of drug-likeness (QED) is 0.208. The number of hydrogen-bond acceptors (Lipinski definition) is 8. The Labute approximate surface area is 279 Å². The van der Waals surface area contributed by atoms with E-state index in [2.05, 4.69) is 28.8 Å². The van der Waals surface area contributed by atoms with Crippen LogP contribution in [-0.2, 0) is 43.2 Å². The summed E-state index contributed by atoms with van der Waals surface area (Å²) in [4.78, 5) is 36.1. The van der Waals surface area contributed by atoms with Crippen LogP contribution in [0.25, 0.3) is 0 Å². The molecule has 0 radical (unpaired) electrons. The van der Waals surface area contributed by atoms with E-state index in [4.69, 9.17) is 14.5 Å². The average molecular weight is 668 g/mol. The van der Waals surface area contributed by atoms with Crippen LogP contribution in [0.15, 0.2) is 60.0 Å². The van der Waals surface area contributed by atoms with E-state index in [9.17, 15) is 18.0 Å². The molecule has 47 heavy (non-hydrogen) atoms. The lowest BCUT2D eigenvalue weighted by atomic mass is 9.89. The summed E-state index contributed by atoms with van der Waals surface area (Å²) in [6.45, 7) is 12.1. The third kappa shape index (κ3) is 10.1. The Hall–Kier alpha value is -3.77. The smallest absolute Gasteiger partial charge is 0.416 e. The molecule has 11 nitrogen and oxygen atoms in total. The number of benzene rings is 1. The molecule has 1 aromatic carbocycles. The van der Waals surface area contributed by atoms with Crippen LogP contribution in [0.4, 0.5) is 10.6 Å². The van der Waals surface area contributed by atoms with Crippen molar-refractivity contribution in [3.05, 3.63) is 71.8 Å². The van der Waals surface area contributed by atoms with Gasteiger partial charge in [0.1, 0.15) is 23.6 Å². The lowest BCUT2D eigenvalue weighted by Gasteiger charge is -2.28. The molecule has 0 bridgehead atoms. The Morgan fingerprint density at radius 1 is 1.02 bits per heavy atom. The second-order valence-electron chi connectivity index (χ2n) is 14.4. The molecule has 2 heterocycles. The molecule has 12 heteroatoms. The van der Waals surface area contributed by atoms with Crippen LogP contribution >= 0.6 is 0 Å². The number of ether oxygens (including phenoxy) is 2. The van der Waals surface area contributed by atoms with Gasteiger partial charge in [-0.15, -0.1) is 0 Å². The van der Waals surface area contributed by atoms with Gasteiger partial charge < -0.3 is 14.0 Å². The fourth-order valence-electron chi connectivity index (χ4n) is 5.40. The van der Waals surface area contributed by atoms with Crippen molar-refractivity contribution in [2.45, 2.75) is 115 Å². The zero-order valence-electron chi connectivity index (χ0n) is 28.9. The maximum absolute atomic E-state index is 13.5. The largest absolute Gasteiger partial charge is 0.459 e. The minimum absolute atomic E-state index is 0.117. The SMILES string of the molecule is CCCCC1(c2ccc(CC(NS(=O)(=O)c3cn(C)cn3)c3cccc(N(CC(=O)OC(C)(C)C)C(=O)OC(C)(C)C)n3)cc2)CC1. The highest BCUT2D eigenvalue weighted by molar-refractivity contribution is 7.89. The number of pyridine rings is 1. The number of anilines is 1. The minimum Gasteiger partial charge on any atom is -0.459 e. The molecule has 0 saturated heterocycles. The van der Waals surface area contributed by atoms with Gasteiger partial charge in [-0.3, -0.25) is 9.69 Å². The number of nitrogens with zero attached hydrogens (tertiary/aromatic N) is 4. The van der Waals surface area contributed by atoms with Gasteiger partial charge in [0.2, 0.25) is 0 Å². The molecule has 1 atom stereocenters. The van der Waals surface area contributed by atoms with Crippen LogP contribution in [-0.4, -0.2) is 52.8 Å². The van der Waals surface area contributed by atoms with Crippen LogP contribution in [0, 0.1) is 0 Å². The maximum atomic E-state index is 13.5. The molecule has 1 aliphatic rings. The molecule has 1 saturated carbocycles. The monoisotopic (exact) mass is 667 g/mol. The van der Waals surface area contributed by atoms with Crippen molar-refractivity contribution < 1.29 is 27.5 Å². The number of amides is 1. The van der Waals surface area contributed by atoms with Gasteiger partial charge in [0.15, 0.2) is 5.03 Å². The van der Waals surface area contributed by atoms with Crippen molar-refractivity contribution in [2.24, 2.45) is 7.05 Å². The van der Waals surface area contributed by atoms with Crippen molar-refractivity contribution in [3.8, 4) is 0 Å². The Kier molecular flexibility index (Phi) is 10.9. The Morgan fingerprint density at radius 3 is 2.23 bits per heavy atom. The number of carbonyl (C=O) groups is 2. The summed E-state index contributed by atoms with van der Waals surface area (Å²) in [7, 11) is -2.36. The first-order valence-corrected chi connectivity index (χ1v) is 17.7. The Morgan fingerprint density at radius 2 is 1.68 bits per heavy atom. The van der Waals surface area contributed by atoms with Gasteiger partial charge in [-0.25, -0.2) is 27.9 Å². The standard InChI is InChI=1S/C35H49N5O6S/c1-9-10-18-35(19-20-35)26-16-14-25(15-17-26)21-28(38-47(43,44)30-22-39(8)24-36-30)27-12-11-13-29(37-27)40(32(42)46-34(5,6)7)23-31(41)45-33(2,3)4/h11-17,22,24,28,38H,9-10,18-21,23H2,1-8H3. The van der Waals surface area contributed by atoms with E-state index >= 15 is 0 Å². The average Bonchev–Trinajstić information content (AvgIpc) is 3.63. The molecule has 1 unspecified atom stereocenters. The van der Waals surface area contributed by atoms with Gasteiger partial charge >= 0.3 is 12.1 Å². The second-order valence-corrected chi connectivity index (χ2v) is 16.1. The first-order chi connectivity index (χ1) is 21.9. The topological polar surface area (TPSA) is 133 Å². The molecule has 1 aliphatic carbocycles. The number of rotatable bonds is 13. The minimum atomic E-state index is -4.05. The molecule has 1 fully saturated rings. The van der Waals surface area contributed by atoms with E-state index in [0.717, 1.165) is 16.9 Å². The van der Waals surface area contributed by atoms with Crippen LogP contribution in [0.2, 0.25) is 0 Å². The van der Waals surface area contributed by atoms with Gasteiger partial charge in [0.05, 0.1) is 18.1 Å². The first-order valence-electron chi connectivity index (χ1n) is 16.2. The molecule has 2 aromatic heterocycles. The van der Waals surface area contributed by atoms with Crippen molar-refractivity contribution in [1.29, 1.82) is 0 Å². The molecular weight excluding hydrogens is 618 g/mol. The van der Waals surface area contributed by atoms with Gasteiger partial charge in [0, 0.05) is 13.2 Å². The lowest BCUT2D eigenvalue weighted by Crippen LogP contribution is -2.42. The fourth-order valence-corrected chi connectivity index (χ4v) is 6.59. The summed E-state index contributed by atoms with van der Waals surface area (Å²) in [5.41, 5.74) is 1.22. The second kappa shape index (κ2) is 14.1. The van der Waals surface area contributed by atoms with E-state index in [0.29, 0.717) is 5.69 Å². The number of esters is 1. The lowest BCUT2D eigenvalue weighted by molar-refractivity contribution is -0.153. The number of aromatic nitrogens is 3. The predicted molar refractivity (Wildman–Crippen MR) is 181 cm³/mol. The summed E-state index contributed by atoms with van der Waals surface area (Å²) in [6, 6.07) is 12.5. The highest BCUT2D eigenvalue weighted by atomic mass is 32.2. The predicted octanol–water partition coefficient (Wildman–Crippen LogP) is 6.38. The van der Waals surface area contributed by atoms with E-state index in [-0.39, 0.29) is 22.7 Å². The molecule has 0 spiro atoms. The molecular formula is C35H49N5O6S. The van der Waals surface area contributed by atoms with Crippen molar-refractivity contribution in [2.75, 3.05) is 11.4 Å². The fraction of sp³-hybridized carbons (Fsp3) is 0.543. The van der Waals surface area contributed by atoms with Crippen LogP contribution in [0.5, 0.6) is 0 Å². The van der Waals surface area contributed by atoms with Gasteiger partial charge in [-0.2, -0.15) is 0 Å². The molecule has 256 valence electrons. The van der Waals surface area contributed by atoms with Crippen LogP contribution < -0.4 is 9.62 Å². The Balaban J connectivity index is 1.69. The molecule has 0 aliphatic heterocycles. The number of carbonyl (C=O) groups excluding carboxylic acids is 2. The number of hydrogen-bond donors (Lipinski definition) is 1. The number of sulfonamides is 1. The number of nitrogens with one attached hydrogen (secondary N) is 1. The molecule has 3 aromatic rings. The number of aryl methyl sites for hydroxylation is 1. The third-order valence-electron chi connectivity index (χ3n) is 7.83. The van der Waals surface area contributed by atoms with Crippen molar-refractivity contribution >= 4 is 27.9 Å². The maximum Gasteiger partial charge on any atom is 0.416 e. The van der Waals surface area contributed by atoms with Crippen molar-refractivity contribution in [1.82, 2.24) is 19.3 Å². The number of unbranched alkanes of at least 4 members (excludes halogenated alkanes) is 1. The molecule has 4 rings (SSSR count). The van der Waals surface area contributed by atoms with Crippen LogP contribution in [0.1, 0.15) is 103 Å². The summed E-state index contributed by atoms with van der Waals surface area (Å²) >= 11 is 0. The van der Waals surface area contributed by atoms with Gasteiger partial charge in [0.25, 0.3) is 10.0 Å². The van der Waals surface area contributed by atoms with Crippen molar-refractivity contribution in [3.63, 3.8) is 0 Å². The summed E-state index contributed by atoms with van der Waals surface area (Å²) in [5, 5.41) is -0.122. The van der Waals surface area contributed by atoms with E-state index in [1.807, 2.05) is 12.1 Å². The zero-order chi connectivity index (χ0) is 34.6.